The van der Waals surface area contributed by atoms with Crippen LogP contribution in [0.4, 0.5) is 11.4 Å². The molecule has 122 valence electrons. The van der Waals surface area contributed by atoms with E-state index in [9.17, 15) is 10.1 Å². The first-order chi connectivity index (χ1) is 11.5. The number of nitrogens with zero attached hydrogens (tertiary/aromatic N) is 5. The number of fused-ring (bicyclic) bond motifs is 2. The highest BCUT2D eigenvalue weighted by Crippen LogP contribution is 2.34. The van der Waals surface area contributed by atoms with Gasteiger partial charge in [-0.15, -0.1) is 0 Å². The Bertz CT molecular complexity index is 1010. The lowest BCUT2D eigenvalue weighted by atomic mass is 10.1. The van der Waals surface area contributed by atoms with Gasteiger partial charge in [-0.2, -0.15) is 5.10 Å². The molecule has 0 saturated heterocycles. The highest BCUT2D eigenvalue weighted by molar-refractivity contribution is 7.71. The number of rotatable bonds is 3. The average molecular weight is 341 g/mol. The van der Waals surface area contributed by atoms with E-state index in [1.54, 1.807) is 16.8 Å². The van der Waals surface area contributed by atoms with E-state index in [4.69, 9.17) is 12.2 Å². The van der Waals surface area contributed by atoms with Crippen molar-refractivity contribution in [2.24, 2.45) is 0 Å². The van der Waals surface area contributed by atoms with Gasteiger partial charge in [0.05, 0.1) is 4.92 Å². The number of nitro benzene ring substituents is 1. The van der Waals surface area contributed by atoms with Gasteiger partial charge in [-0.25, -0.2) is 4.68 Å². The van der Waals surface area contributed by atoms with Gasteiger partial charge in [0.25, 0.3) is 5.69 Å². The lowest BCUT2D eigenvalue weighted by Gasteiger charge is -2.24. The standard InChI is InChI=1S/C16H15N5O2S/c1-11-8-12-9-13(21(22)23)5-6-14(12)19(11)10-20-16(24)18-7-3-2-4-15(18)17-20/h2-7,9,11H,8,10H2,1H3/t11-/m1/s1. The molecule has 24 heavy (non-hydrogen) atoms. The van der Waals surface area contributed by atoms with Crippen molar-refractivity contribution in [3.05, 3.63) is 63.0 Å². The maximum absolute atomic E-state index is 11.0. The van der Waals surface area contributed by atoms with Crippen molar-refractivity contribution < 1.29 is 4.92 Å². The van der Waals surface area contributed by atoms with Crippen molar-refractivity contribution >= 4 is 29.2 Å². The molecule has 0 radical (unpaired) electrons. The Morgan fingerprint density at radius 3 is 2.96 bits per heavy atom. The van der Waals surface area contributed by atoms with Gasteiger partial charge in [-0.05, 0) is 49.3 Å². The summed E-state index contributed by atoms with van der Waals surface area (Å²) in [5.41, 5.74) is 2.93. The van der Waals surface area contributed by atoms with Gasteiger partial charge in [0, 0.05) is 30.1 Å². The first-order valence-electron chi connectivity index (χ1n) is 7.63. The van der Waals surface area contributed by atoms with Crippen molar-refractivity contribution in [3.63, 3.8) is 0 Å². The molecular formula is C16H15N5O2S. The molecule has 2 aromatic heterocycles. The molecule has 1 aromatic carbocycles. The first kappa shape index (κ1) is 14.8. The van der Waals surface area contributed by atoms with Crippen molar-refractivity contribution in [2.75, 3.05) is 4.90 Å². The fourth-order valence-electron chi connectivity index (χ4n) is 3.22. The zero-order chi connectivity index (χ0) is 16.8. The van der Waals surface area contributed by atoms with Crippen molar-refractivity contribution in [3.8, 4) is 0 Å². The first-order valence-corrected chi connectivity index (χ1v) is 8.03. The average Bonchev–Trinajstić information content (AvgIpc) is 3.05. The third-order valence-corrected chi connectivity index (χ3v) is 4.81. The van der Waals surface area contributed by atoms with E-state index in [0.717, 1.165) is 23.3 Å². The Balaban J connectivity index is 1.71. The molecule has 0 unspecified atom stereocenters. The highest BCUT2D eigenvalue weighted by atomic mass is 32.1. The maximum Gasteiger partial charge on any atom is 0.269 e. The summed E-state index contributed by atoms with van der Waals surface area (Å²) in [4.78, 5) is 12.8. The smallest absolute Gasteiger partial charge is 0.269 e. The monoisotopic (exact) mass is 341 g/mol. The van der Waals surface area contributed by atoms with Gasteiger partial charge in [0.2, 0.25) is 4.77 Å². The van der Waals surface area contributed by atoms with Crippen LogP contribution in [0.3, 0.4) is 0 Å². The second-order valence-electron chi connectivity index (χ2n) is 5.95. The lowest BCUT2D eigenvalue weighted by molar-refractivity contribution is -0.384. The minimum absolute atomic E-state index is 0.132. The van der Waals surface area contributed by atoms with Crippen LogP contribution >= 0.6 is 12.2 Å². The van der Waals surface area contributed by atoms with E-state index >= 15 is 0 Å². The topological polar surface area (TPSA) is 68.6 Å². The minimum atomic E-state index is -0.355. The van der Waals surface area contributed by atoms with Gasteiger partial charge < -0.3 is 4.90 Å². The van der Waals surface area contributed by atoms with Crippen LogP contribution in [-0.2, 0) is 13.1 Å². The molecule has 0 aliphatic carbocycles. The summed E-state index contributed by atoms with van der Waals surface area (Å²) >= 11 is 5.50. The van der Waals surface area contributed by atoms with Gasteiger partial charge in [0.1, 0.15) is 6.67 Å². The molecule has 1 aliphatic heterocycles. The molecule has 0 saturated carbocycles. The Morgan fingerprint density at radius 1 is 1.38 bits per heavy atom. The van der Waals surface area contributed by atoms with Crippen LogP contribution in [0.2, 0.25) is 0 Å². The van der Waals surface area contributed by atoms with Gasteiger partial charge in [-0.1, -0.05) is 6.07 Å². The number of aromatic nitrogens is 3. The predicted molar refractivity (Wildman–Crippen MR) is 92.8 cm³/mol. The second-order valence-corrected chi connectivity index (χ2v) is 6.31. The summed E-state index contributed by atoms with van der Waals surface area (Å²) in [6.45, 7) is 2.62. The van der Waals surface area contributed by atoms with Crippen LogP contribution in [0.5, 0.6) is 0 Å². The van der Waals surface area contributed by atoms with Crippen molar-refractivity contribution in [2.45, 2.75) is 26.1 Å². The molecule has 1 aliphatic rings. The maximum atomic E-state index is 11.0. The van der Waals surface area contributed by atoms with Crippen molar-refractivity contribution in [1.82, 2.24) is 14.2 Å². The normalized spacial score (nSPS) is 16.5. The third kappa shape index (κ3) is 2.26. The molecular weight excluding hydrogens is 326 g/mol. The molecule has 0 fully saturated rings. The quantitative estimate of drug-likeness (QED) is 0.416. The van der Waals surface area contributed by atoms with Crippen LogP contribution in [0.25, 0.3) is 5.65 Å². The lowest BCUT2D eigenvalue weighted by Crippen LogP contribution is -2.32. The fraction of sp³-hybridized carbons (Fsp3) is 0.250. The van der Waals surface area contributed by atoms with E-state index in [0.29, 0.717) is 11.4 Å². The molecule has 0 spiro atoms. The number of nitro groups is 1. The number of non-ortho nitro benzene ring substituents is 1. The molecule has 8 heteroatoms. The summed E-state index contributed by atoms with van der Waals surface area (Å²) in [7, 11) is 0. The van der Waals surface area contributed by atoms with E-state index < -0.39 is 0 Å². The number of hydrogen-bond acceptors (Lipinski definition) is 5. The SMILES string of the molecule is C[C@@H]1Cc2cc([N+](=O)[O-])ccc2N1Cn1nc2ccccn2c1=S. The Morgan fingerprint density at radius 2 is 2.21 bits per heavy atom. The number of pyridine rings is 1. The van der Waals surface area contributed by atoms with E-state index in [1.165, 1.54) is 0 Å². The summed E-state index contributed by atoms with van der Waals surface area (Å²) in [6.07, 6.45) is 2.67. The van der Waals surface area contributed by atoms with E-state index in [2.05, 4.69) is 16.9 Å². The third-order valence-electron chi connectivity index (χ3n) is 4.41. The highest BCUT2D eigenvalue weighted by Gasteiger charge is 2.28. The molecule has 7 nitrogen and oxygen atoms in total. The van der Waals surface area contributed by atoms with Crippen LogP contribution in [-0.4, -0.2) is 25.1 Å². The van der Waals surface area contributed by atoms with Gasteiger partial charge in [0.15, 0.2) is 5.65 Å². The van der Waals surface area contributed by atoms with Crippen LogP contribution < -0.4 is 4.90 Å². The Kier molecular flexibility index (Phi) is 3.34. The minimum Gasteiger partial charge on any atom is -0.349 e. The zero-order valence-electron chi connectivity index (χ0n) is 13.0. The predicted octanol–water partition coefficient (Wildman–Crippen LogP) is 3.18. The molecule has 3 aromatic rings. The Hall–Kier alpha value is -2.74. The van der Waals surface area contributed by atoms with Gasteiger partial charge >= 0.3 is 0 Å². The zero-order valence-corrected chi connectivity index (χ0v) is 13.8. The van der Waals surface area contributed by atoms with Crippen LogP contribution in [0.1, 0.15) is 12.5 Å². The largest absolute Gasteiger partial charge is 0.349 e. The van der Waals surface area contributed by atoms with Crippen molar-refractivity contribution in [1.29, 1.82) is 0 Å². The Labute approximate surface area is 142 Å². The molecule has 3 heterocycles. The molecule has 4 rings (SSSR count). The fourth-order valence-corrected chi connectivity index (χ4v) is 3.47. The molecule has 1 atom stereocenters. The summed E-state index contributed by atoms with van der Waals surface area (Å²) in [5.74, 6) is 0. The summed E-state index contributed by atoms with van der Waals surface area (Å²) in [6, 6.07) is 11.0. The molecule has 0 N–H and O–H groups in total. The number of anilines is 1. The molecule has 0 amide bonds. The number of benzene rings is 1. The van der Waals surface area contributed by atoms with Crippen LogP contribution in [0.15, 0.2) is 42.6 Å². The van der Waals surface area contributed by atoms with E-state index in [-0.39, 0.29) is 16.7 Å². The summed E-state index contributed by atoms with van der Waals surface area (Å²) < 4.78 is 4.29. The molecule has 0 bridgehead atoms. The number of hydrogen-bond donors (Lipinski definition) is 0. The van der Waals surface area contributed by atoms with E-state index in [1.807, 2.05) is 34.9 Å². The summed E-state index contributed by atoms with van der Waals surface area (Å²) in [5, 5.41) is 15.5. The van der Waals surface area contributed by atoms with Crippen LogP contribution in [0, 0.1) is 14.9 Å². The van der Waals surface area contributed by atoms with Gasteiger partial charge in [-0.3, -0.25) is 14.5 Å². The second kappa shape index (κ2) is 5.41.